The van der Waals surface area contributed by atoms with E-state index in [1.807, 2.05) is 18.2 Å². The van der Waals surface area contributed by atoms with Crippen LogP contribution in [-0.4, -0.2) is 42.8 Å². The number of anilines is 3. The molecule has 3 rings (SSSR count). The van der Waals surface area contributed by atoms with Gasteiger partial charge in [-0.2, -0.15) is 0 Å². The van der Waals surface area contributed by atoms with E-state index in [0.29, 0.717) is 35.9 Å². The quantitative estimate of drug-likeness (QED) is 0.369. The van der Waals surface area contributed by atoms with Gasteiger partial charge in [0.05, 0.1) is 31.9 Å². The number of nitrogens with zero attached hydrogens (tertiary/aromatic N) is 3. The first-order valence-corrected chi connectivity index (χ1v) is 9.41. The first-order chi connectivity index (χ1) is 15.1. The number of nitrogens with one attached hydrogen (secondary N) is 2. The van der Waals surface area contributed by atoms with Crippen molar-refractivity contribution in [2.75, 3.05) is 38.5 Å². The molecule has 3 aromatic rings. The molecule has 31 heavy (non-hydrogen) atoms. The van der Waals surface area contributed by atoms with Gasteiger partial charge in [-0.25, -0.2) is 9.97 Å². The van der Waals surface area contributed by atoms with Gasteiger partial charge in [-0.15, -0.1) is 0 Å². The molecule has 2 aromatic carbocycles. The van der Waals surface area contributed by atoms with Crippen LogP contribution in [0, 0.1) is 10.1 Å². The standard InChI is InChI=1S/C21H23N5O5/c1-29-16-7-5-4-6-15(16)25-21-19(26(27)28)20(23-13-24-21)22-11-10-14-8-9-17(30-2)18(12-14)31-3/h4-9,12-13H,10-11H2,1-3H3,(H2,22,23,24,25). The largest absolute Gasteiger partial charge is 0.495 e. The van der Waals surface area contributed by atoms with E-state index in [4.69, 9.17) is 14.2 Å². The monoisotopic (exact) mass is 425 g/mol. The summed E-state index contributed by atoms with van der Waals surface area (Å²) in [7, 11) is 4.67. The highest BCUT2D eigenvalue weighted by atomic mass is 16.6. The highest BCUT2D eigenvalue weighted by Crippen LogP contribution is 2.34. The number of rotatable bonds is 10. The average molecular weight is 425 g/mol. The fraction of sp³-hybridized carbons (Fsp3) is 0.238. The zero-order valence-electron chi connectivity index (χ0n) is 17.4. The molecule has 0 fully saturated rings. The van der Waals surface area contributed by atoms with Crippen molar-refractivity contribution in [1.82, 2.24) is 9.97 Å². The molecule has 0 spiro atoms. The van der Waals surface area contributed by atoms with Crippen LogP contribution >= 0.6 is 0 Å². The van der Waals surface area contributed by atoms with Gasteiger partial charge in [0.15, 0.2) is 11.5 Å². The maximum Gasteiger partial charge on any atom is 0.353 e. The lowest BCUT2D eigenvalue weighted by atomic mass is 10.1. The normalized spacial score (nSPS) is 10.3. The lowest BCUT2D eigenvalue weighted by molar-refractivity contribution is -0.383. The number of hydrogen-bond donors (Lipinski definition) is 2. The van der Waals surface area contributed by atoms with E-state index in [0.717, 1.165) is 5.56 Å². The molecule has 0 aliphatic carbocycles. The predicted octanol–water partition coefficient (Wildman–Crippen LogP) is 3.81. The van der Waals surface area contributed by atoms with Crippen LogP contribution in [0.4, 0.5) is 23.0 Å². The number of benzene rings is 2. The highest BCUT2D eigenvalue weighted by molar-refractivity contribution is 5.75. The lowest BCUT2D eigenvalue weighted by Gasteiger charge is -2.13. The number of aromatic nitrogens is 2. The van der Waals surface area contributed by atoms with Crippen molar-refractivity contribution in [1.29, 1.82) is 0 Å². The fourth-order valence-corrected chi connectivity index (χ4v) is 3.01. The van der Waals surface area contributed by atoms with Gasteiger partial charge in [-0.3, -0.25) is 10.1 Å². The summed E-state index contributed by atoms with van der Waals surface area (Å²) >= 11 is 0. The van der Waals surface area contributed by atoms with Gasteiger partial charge in [-0.05, 0) is 36.2 Å². The molecule has 0 radical (unpaired) electrons. The Kier molecular flexibility index (Phi) is 7.05. The molecule has 0 aliphatic rings. The average Bonchev–Trinajstić information content (AvgIpc) is 2.79. The Balaban J connectivity index is 1.77. The second kappa shape index (κ2) is 10.1. The van der Waals surface area contributed by atoms with Gasteiger partial charge in [0.2, 0.25) is 11.6 Å². The third-order valence-electron chi connectivity index (χ3n) is 4.52. The predicted molar refractivity (Wildman–Crippen MR) is 117 cm³/mol. The molecule has 0 saturated carbocycles. The second-order valence-corrected chi connectivity index (χ2v) is 6.37. The molecule has 0 aliphatic heterocycles. The van der Waals surface area contributed by atoms with Crippen molar-refractivity contribution in [2.45, 2.75) is 6.42 Å². The molecule has 162 valence electrons. The minimum absolute atomic E-state index is 0.0677. The smallest absolute Gasteiger partial charge is 0.353 e. The summed E-state index contributed by atoms with van der Waals surface area (Å²) in [6, 6.07) is 12.7. The molecule has 1 aromatic heterocycles. The Hall–Kier alpha value is -4.08. The van der Waals surface area contributed by atoms with Crippen LogP contribution in [0.25, 0.3) is 0 Å². The zero-order chi connectivity index (χ0) is 22.2. The van der Waals surface area contributed by atoms with Crippen LogP contribution in [0.1, 0.15) is 5.56 Å². The van der Waals surface area contributed by atoms with E-state index in [-0.39, 0.29) is 17.3 Å². The first kappa shape index (κ1) is 21.6. The Morgan fingerprint density at radius 2 is 1.65 bits per heavy atom. The molecule has 0 saturated heterocycles. The highest BCUT2D eigenvalue weighted by Gasteiger charge is 2.23. The van der Waals surface area contributed by atoms with E-state index < -0.39 is 4.92 Å². The van der Waals surface area contributed by atoms with Crippen molar-refractivity contribution >= 4 is 23.0 Å². The maximum atomic E-state index is 11.8. The summed E-state index contributed by atoms with van der Waals surface area (Å²) in [5.41, 5.74) is 1.29. The van der Waals surface area contributed by atoms with Crippen LogP contribution < -0.4 is 24.8 Å². The molecule has 0 bridgehead atoms. The van der Waals surface area contributed by atoms with Crippen molar-refractivity contribution in [3.63, 3.8) is 0 Å². The Morgan fingerprint density at radius 3 is 2.35 bits per heavy atom. The maximum absolute atomic E-state index is 11.8. The molecule has 10 nitrogen and oxygen atoms in total. The number of ether oxygens (including phenoxy) is 3. The van der Waals surface area contributed by atoms with Crippen molar-refractivity contribution in [3.8, 4) is 17.2 Å². The van der Waals surface area contributed by atoms with Gasteiger partial charge in [0, 0.05) is 6.54 Å². The zero-order valence-corrected chi connectivity index (χ0v) is 17.4. The number of methoxy groups -OCH3 is 3. The van der Waals surface area contributed by atoms with Gasteiger partial charge in [0.1, 0.15) is 12.1 Å². The van der Waals surface area contributed by atoms with Gasteiger partial charge < -0.3 is 24.8 Å². The molecular formula is C21H23N5O5. The Morgan fingerprint density at radius 1 is 0.935 bits per heavy atom. The molecule has 2 N–H and O–H groups in total. The summed E-state index contributed by atoms with van der Waals surface area (Å²) < 4.78 is 15.8. The summed E-state index contributed by atoms with van der Waals surface area (Å²) in [5.74, 6) is 1.99. The van der Waals surface area contributed by atoms with Crippen LogP contribution in [0.15, 0.2) is 48.8 Å². The Bertz CT molecular complexity index is 1060. The third kappa shape index (κ3) is 5.10. The summed E-state index contributed by atoms with van der Waals surface area (Å²) in [6.45, 7) is 0.418. The summed E-state index contributed by atoms with van der Waals surface area (Å²) in [5, 5.41) is 17.7. The van der Waals surface area contributed by atoms with Crippen molar-refractivity contribution in [2.24, 2.45) is 0 Å². The van der Waals surface area contributed by atoms with Gasteiger partial charge in [0.25, 0.3) is 0 Å². The lowest BCUT2D eigenvalue weighted by Crippen LogP contribution is -2.11. The topological polar surface area (TPSA) is 121 Å². The van der Waals surface area contributed by atoms with E-state index in [9.17, 15) is 10.1 Å². The van der Waals surface area contributed by atoms with Crippen molar-refractivity contribution in [3.05, 3.63) is 64.5 Å². The van der Waals surface area contributed by atoms with E-state index in [2.05, 4.69) is 20.6 Å². The van der Waals surface area contributed by atoms with Crippen molar-refractivity contribution < 1.29 is 19.1 Å². The molecule has 0 amide bonds. The number of para-hydroxylation sites is 2. The minimum Gasteiger partial charge on any atom is -0.495 e. The van der Waals surface area contributed by atoms with Crippen LogP contribution in [0.2, 0.25) is 0 Å². The third-order valence-corrected chi connectivity index (χ3v) is 4.52. The molecule has 1 heterocycles. The summed E-state index contributed by atoms with van der Waals surface area (Å²) in [6.07, 6.45) is 1.86. The second-order valence-electron chi connectivity index (χ2n) is 6.37. The van der Waals surface area contributed by atoms with Gasteiger partial charge >= 0.3 is 5.69 Å². The van der Waals surface area contributed by atoms with Gasteiger partial charge in [-0.1, -0.05) is 18.2 Å². The van der Waals surface area contributed by atoms with Crippen LogP contribution in [0.3, 0.4) is 0 Å². The van der Waals surface area contributed by atoms with E-state index >= 15 is 0 Å². The SMILES string of the molecule is COc1ccccc1Nc1ncnc(NCCc2ccc(OC)c(OC)c2)c1[N+](=O)[O-]. The van der Waals surface area contributed by atoms with E-state index in [1.54, 1.807) is 38.5 Å². The fourth-order valence-electron chi connectivity index (χ4n) is 3.01. The molecular weight excluding hydrogens is 402 g/mol. The summed E-state index contributed by atoms with van der Waals surface area (Å²) in [4.78, 5) is 19.3. The molecule has 0 atom stereocenters. The minimum atomic E-state index is -0.517. The van der Waals surface area contributed by atoms with Crippen LogP contribution in [-0.2, 0) is 6.42 Å². The van der Waals surface area contributed by atoms with Crippen LogP contribution in [0.5, 0.6) is 17.2 Å². The molecule has 10 heteroatoms. The number of hydrogen-bond acceptors (Lipinski definition) is 9. The van der Waals surface area contributed by atoms with E-state index in [1.165, 1.54) is 13.4 Å². The first-order valence-electron chi connectivity index (χ1n) is 9.41. The Labute approximate surface area is 179 Å². The number of nitro groups is 1. The molecule has 0 unspecified atom stereocenters.